The monoisotopic (exact) mass is 242 g/mol. The summed E-state index contributed by atoms with van der Waals surface area (Å²) in [4.78, 5) is 16.0. The van der Waals surface area contributed by atoms with Crippen LogP contribution in [0.3, 0.4) is 0 Å². The van der Waals surface area contributed by atoms with Gasteiger partial charge in [-0.25, -0.2) is 0 Å². The van der Waals surface area contributed by atoms with Gasteiger partial charge in [0.2, 0.25) is 5.91 Å². The highest BCUT2D eigenvalue weighted by atomic mass is 16.1. The summed E-state index contributed by atoms with van der Waals surface area (Å²) in [7, 11) is 0. The lowest BCUT2D eigenvalue weighted by Gasteiger charge is -2.39. The third kappa shape index (κ3) is 3.94. The van der Waals surface area contributed by atoms with Gasteiger partial charge in [0.05, 0.1) is 5.54 Å². The molecule has 2 atom stereocenters. The molecule has 0 aliphatic carbocycles. The van der Waals surface area contributed by atoms with Crippen molar-refractivity contribution in [1.82, 2.24) is 9.80 Å². The SMILES string of the molecule is CCN1CCN(C(C)CC(C)(N)C(N)=O)CC1. The van der Waals surface area contributed by atoms with Crippen molar-refractivity contribution >= 4 is 5.91 Å². The fraction of sp³-hybridized carbons (Fsp3) is 0.917. The molecule has 0 aromatic rings. The summed E-state index contributed by atoms with van der Waals surface area (Å²) in [6.07, 6.45) is 0.620. The van der Waals surface area contributed by atoms with Gasteiger partial charge in [-0.3, -0.25) is 9.69 Å². The molecule has 1 aliphatic rings. The van der Waals surface area contributed by atoms with E-state index in [0.717, 1.165) is 32.7 Å². The zero-order valence-corrected chi connectivity index (χ0v) is 11.3. The number of primary amides is 1. The molecule has 5 heteroatoms. The van der Waals surface area contributed by atoms with Gasteiger partial charge >= 0.3 is 0 Å². The Bertz CT molecular complexity index is 259. The van der Waals surface area contributed by atoms with E-state index in [0.29, 0.717) is 12.5 Å². The van der Waals surface area contributed by atoms with Crippen molar-refractivity contribution in [1.29, 1.82) is 0 Å². The number of hydrogen-bond acceptors (Lipinski definition) is 4. The van der Waals surface area contributed by atoms with Crippen molar-refractivity contribution in [2.75, 3.05) is 32.7 Å². The van der Waals surface area contributed by atoms with Crippen LogP contribution in [0, 0.1) is 0 Å². The van der Waals surface area contributed by atoms with E-state index in [9.17, 15) is 4.79 Å². The molecule has 5 nitrogen and oxygen atoms in total. The summed E-state index contributed by atoms with van der Waals surface area (Å²) in [5.41, 5.74) is 10.3. The van der Waals surface area contributed by atoms with Crippen molar-refractivity contribution in [3.63, 3.8) is 0 Å². The third-order valence-corrected chi connectivity index (χ3v) is 3.76. The van der Waals surface area contributed by atoms with Gasteiger partial charge in [-0.1, -0.05) is 6.92 Å². The molecule has 1 aliphatic heterocycles. The molecule has 1 amide bonds. The van der Waals surface area contributed by atoms with Crippen LogP contribution in [0.1, 0.15) is 27.2 Å². The first-order valence-corrected chi connectivity index (χ1v) is 6.42. The second-order valence-corrected chi connectivity index (χ2v) is 5.31. The predicted molar refractivity (Wildman–Crippen MR) is 69.6 cm³/mol. The average molecular weight is 242 g/mol. The van der Waals surface area contributed by atoms with Crippen LogP contribution in [0.4, 0.5) is 0 Å². The van der Waals surface area contributed by atoms with Crippen LogP contribution in [0.2, 0.25) is 0 Å². The number of likely N-dealkylation sites (N-methyl/N-ethyl adjacent to an activating group) is 1. The lowest BCUT2D eigenvalue weighted by atomic mass is 9.93. The first-order chi connectivity index (χ1) is 7.86. The lowest BCUT2D eigenvalue weighted by Crippen LogP contribution is -2.56. The predicted octanol–water partition coefficient (Wildman–Crippen LogP) is -0.395. The van der Waals surface area contributed by atoms with E-state index in [2.05, 4.69) is 23.6 Å². The maximum absolute atomic E-state index is 11.2. The molecule has 1 rings (SSSR count). The number of nitrogens with two attached hydrogens (primary N) is 2. The topological polar surface area (TPSA) is 75.6 Å². The highest BCUT2D eigenvalue weighted by Gasteiger charge is 2.31. The van der Waals surface area contributed by atoms with Crippen LogP contribution in [0.5, 0.6) is 0 Å². The molecule has 0 aromatic heterocycles. The van der Waals surface area contributed by atoms with Crippen molar-refractivity contribution < 1.29 is 4.79 Å². The fourth-order valence-corrected chi connectivity index (χ4v) is 2.36. The zero-order chi connectivity index (χ0) is 13.1. The molecular weight excluding hydrogens is 216 g/mol. The molecule has 0 radical (unpaired) electrons. The van der Waals surface area contributed by atoms with Crippen molar-refractivity contribution in [3.05, 3.63) is 0 Å². The van der Waals surface area contributed by atoms with Gasteiger partial charge in [-0.2, -0.15) is 0 Å². The first-order valence-electron chi connectivity index (χ1n) is 6.42. The maximum atomic E-state index is 11.2. The molecule has 4 N–H and O–H groups in total. The Labute approximate surface area is 104 Å². The molecule has 2 unspecified atom stereocenters. The Balaban J connectivity index is 2.44. The maximum Gasteiger partial charge on any atom is 0.237 e. The minimum atomic E-state index is -0.901. The summed E-state index contributed by atoms with van der Waals surface area (Å²) in [5.74, 6) is -0.420. The Kier molecular flexibility index (Phi) is 4.91. The molecule has 0 spiro atoms. The first kappa shape index (κ1) is 14.4. The van der Waals surface area contributed by atoms with Crippen molar-refractivity contribution in [2.45, 2.75) is 38.8 Å². The van der Waals surface area contributed by atoms with E-state index in [1.54, 1.807) is 6.92 Å². The number of carbonyl (C=O) groups is 1. The Hall–Kier alpha value is -0.650. The summed E-state index contributed by atoms with van der Waals surface area (Å²) in [6.45, 7) is 11.4. The second kappa shape index (κ2) is 5.80. The Morgan fingerprint density at radius 1 is 1.35 bits per heavy atom. The fourth-order valence-electron chi connectivity index (χ4n) is 2.36. The number of piperazine rings is 1. The van der Waals surface area contributed by atoms with Gasteiger partial charge in [0.25, 0.3) is 0 Å². The van der Waals surface area contributed by atoms with Gasteiger partial charge in [0.15, 0.2) is 0 Å². The smallest absolute Gasteiger partial charge is 0.237 e. The number of rotatable bonds is 5. The number of hydrogen-bond donors (Lipinski definition) is 2. The average Bonchev–Trinajstić information content (AvgIpc) is 2.28. The summed E-state index contributed by atoms with van der Waals surface area (Å²) >= 11 is 0. The Morgan fingerprint density at radius 2 is 1.88 bits per heavy atom. The minimum absolute atomic E-state index is 0.302. The summed E-state index contributed by atoms with van der Waals surface area (Å²) in [6, 6.07) is 0.302. The number of amides is 1. The highest BCUT2D eigenvalue weighted by Crippen LogP contribution is 2.15. The van der Waals surface area contributed by atoms with Crippen LogP contribution in [-0.2, 0) is 4.79 Å². The molecule has 0 aromatic carbocycles. The highest BCUT2D eigenvalue weighted by molar-refractivity contribution is 5.83. The third-order valence-electron chi connectivity index (χ3n) is 3.76. The molecule has 1 saturated heterocycles. The van der Waals surface area contributed by atoms with Crippen LogP contribution >= 0.6 is 0 Å². The van der Waals surface area contributed by atoms with Gasteiger partial charge < -0.3 is 16.4 Å². The molecule has 1 fully saturated rings. The van der Waals surface area contributed by atoms with Crippen LogP contribution in [-0.4, -0.2) is 60.0 Å². The standard InChI is InChI=1S/C12H26N4O/c1-4-15-5-7-16(8-6-15)10(2)9-12(3,14)11(13)17/h10H,4-9,14H2,1-3H3,(H2,13,17). The normalized spacial score (nSPS) is 24.2. The zero-order valence-electron chi connectivity index (χ0n) is 11.3. The summed E-state index contributed by atoms with van der Waals surface area (Å²) in [5, 5.41) is 0. The van der Waals surface area contributed by atoms with Crippen LogP contribution in [0.25, 0.3) is 0 Å². The van der Waals surface area contributed by atoms with E-state index >= 15 is 0 Å². The molecule has 17 heavy (non-hydrogen) atoms. The molecular formula is C12H26N4O. The van der Waals surface area contributed by atoms with Gasteiger partial charge in [0, 0.05) is 32.2 Å². The summed E-state index contributed by atoms with van der Waals surface area (Å²) < 4.78 is 0. The van der Waals surface area contributed by atoms with E-state index < -0.39 is 11.4 Å². The molecule has 0 saturated carbocycles. The van der Waals surface area contributed by atoms with Crippen LogP contribution < -0.4 is 11.5 Å². The Morgan fingerprint density at radius 3 is 2.29 bits per heavy atom. The van der Waals surface area contributed by atoms with Crippen molar-refractivity contribution in [2.24, 2.45) is 11.5 Å². The van der Waals surface area contributed by atoms with E-state index in [1.807, 2.05) is 0 Å². The van der Waals surface area contributed by atoms with E-state index in [1.165, 1.54) is 0 Å². The second-order valence-electron chi connectivity index (χ2n) is 5.31. The largest absolute Gasteiger partial charge is 0.368 e. The minimum Gasteiger partial charge on any atom is -0.368 e. The molecule has 0 bridgehead atoms. The molecule has 1 heterocycles. The quantitative estimate of drug-likeness (QED) is 0.688. The van der Waals surface area contributed by atoms with Crippen LogP contribution in [0.15, 0.2) is 0 Å². The number of nitrogens with zero attached hydrogens (tertiary/aromatic N) is 2. The molecule has 100 valence electrons. The van der Waals surface area contributed by atoms with E-state index in [-0.39, 0.29) is 0 Å². The van der Waals surface area contributed by atoms with Gasteiger partial charge in [-0.05, 0) is 26.8 Å². The van der Waals surface area contributed by atoms with E-state index in [4.69, 9.17) is 11.5 Å². The van der Waals surface area contributed by atoms with Gasteiger partial charge in [-0.15, -0.1) is 0 Å². The van der Waals surface area contributed by atoms with Gasteiger partial charge in [0.1, 0.15) is 0 Å². The van der Waals surface area contributed by atoms with Crippen molar-refractivity contribution in [3.8, 4) is 0 Å². The lowest BCUT2D eigenvalue weighted by molar-refractivity contribution is -0.123. The number of carbonyl (C=O) groups excluding carboxylic acids is 1.